The lowest BCUT2D eigenvalue weighted by molar-refractivity contribution is -0.385. The average Bonchev–Trinajstić information content (AvgIpc) is 3.22. The molecule has 12 heteroatoms. The maximum atomic E-state index is 12.2. The van der Waals surface area contributed by atoms with Crippen molar-refractivity contribution in [2.45, 2.75) is 0 Å². The molecule has 0 spiro atoms. The number of esters is 1. The first kappa shape index (κ1) is 22.7. The lowest BCUT2D eigenvalue weighted by Crippen LogP contribution is -2.22. The number of nitro groups is 1. The number of primary amides is 1. The zero-order valence-electron chi connectivity index (χ0n) is 16.1. The van der Waals surface area contributed by atoms with Gasteiger partial charge in [0.1, 0.15) is 10.8 Å². The minimum Gasteiger partial charge on any atom is -0.452 e. The fourth-order valence-corrected chi connectivity index (χ4v) is 3.46. The summed E-state index contributed by atoms with van der Waals surface area (Å²) < 4.78 is 10.4. The molecule has 0 aliphatic rings. The second-order valence-corrected chi connectivity index (χ2v) is 7.50. The largest absolute Gasteiger partial charge is 0.452 e. The molecule has 0 unspecified atom stereocenters. The highest BCUT2D eigenvalue weighted by molar-refractivity contribution is 7.14. The molecule has 0 fully saturated rings. The van der Waals surface area contributed by atoms with E-state index < -0.39 is 29.3 Å². The molecule has 32 heavy (non-hydrogen) atoms. The third-order valence-corrected chi connectivity index (χ3v) is 5.02. The van der Waals surface area contributed by atoms with Crippen LogP contribution in [0.3, 0.4) is 0 Å². The Morgan fingerprint density at radius 3 is 2.50 bits per heavy atom. The molecule has 2 amide bonds. The first-order chi connectivity index (χ1) is 15.2. The van der Waals surface area contributed by atoms with Gasteiger partial charge in [-0.2, -0.15) is 0 Å². The predicted molar refractivity (Wildman–Crippen MR) is 116 cm³/mol. The van der Waals surface area contributed by atoms with Gasteiger partial charge in [-0.1, -0.05) is 11.6 Å². The molecule has 3 N–H and O–H groups in total. The van der Waals surface area contributed by atoms with Gasteiger partial charge in [-0.05, 0) is 47.8 Å². The summed E-state index contributed by atoms with van der Waals surface area (Å²) in [5.74, 6) is -1.88. The Hall–Kier alpha value is -3.96. The second kappa shape index (κ2) is 9.90. The van der Waals surface area contributed by atoms with E-state index in [0.717, 1.165) is 17.4 Å². The number of halogens is 1. The van der Waals surface area contributed by atoms with Gasteiger partial charge in [0.15, 0.2) is 6.61 Å². The number of nitro benzene ring substituents is 1. The van der Waals surface area contributed by atoms with E-state index in [4.69, 9.17) is 26.8 Å². The summed E-state index contributed by atoms with van der Waals surface area (Å²) in [6.07, 6.45) is 0. The highest BCUT2D eigenvalue weighted by Crippen LogP contribution is 2.33. The van der Waals surface area contributed by atoms with Gasteiger partial charge in [0.25, 0.3) is 11.8 Å². The summed E-state index contributed by atoms with van der Waals surface area (Å²) in [6.45, 7) is -0.579. The van der Waals surface area contributed by atoms with Crippen LogP contribution < -0.4 is 15.8 Å². The van der Waals surface area contributed by atoms with Gasteiger partial charge in [0.05, 0.1) is 16.1 Å². The molecule has 3 aromatic rings. The molecule has 3 rings (SSSR count). The standard InChI is InChI=1S/C20H14ClN3O7S/c21-12-3-6-16(15(9-12)24(28)29)31-13-4-1-11(2-5-13)20(27)30-10-17(25)23-19-14(18(22)26)7-8-32-19/h1-9H,10H2,(H2,22,26)(H,23,25). The second-order valence-electron chi connectivity index (χ2n) is 6.15. The SMILES string of the molecule is NC(=O)c1ccsc1NC(=O)COC(=O)c1ccc(Oc2ccc(Cl)cc2[N+](=O)[O-])cc1. The van der Waals surface area contributed by atoms with Crippen LogP contribution in [0.25, 0.3) is 0 Å². The van der Waals surface area contributed by atoms with Crippen molar-refractivity contribution in [1.29, 1.82) is 0 Å². The van der Waals surface area contributed by atoms with Crippen molar-refractivity contribution in [2.75, 3.05) is 11.9 Å². The first-order valence-corrected chi connectivity index (χ1v) is 10.1. The molecule has 10 nitrogen and oxygen atoms in total. The number of ether oxygens (including phenoxy) is 2. The van der Waals surface area contributed by atoms with Gasteiger partial charge in [-0.3, -0.25) is 19.7 Å². The van der Waals surface area contributed by atoms with Crippen LogP contribution in [0.5, 0.6) is 11.5 Å². The molecular weight excluding hydrogens is 462 g/mol. The number of rotatable bonds is 8. The molecule has 1 aromatic heterocycles. The normalized spacial score (nSPS) is 10.3. The molecule has 0 saturated heterocycles. The Morgan fingerprint density at radius 1 is 1.12 bits per heavy atom. The Labute approximate surface area is 189 Å². The van der Waals surface area contributed by atoms with Crippen LogP contribution in [0.15, 0.2) is 53.9 Å². The van der Waals surface area contributed by atoms with E-state index in [1.807, 2.05) is 0 Å². The van der Waals surface area contributed by atoms with Gasteiger partial charge in [0.2, 0.25) is 5.75 Å². The molecule has 0 aliphatic heterocycles. The topological polar surface area (TPSA) is 151 Å². The summed E-state index contributed by atoms with van der Waals surface area (Å²) in [4.78, 5) is 45.9. The molecule has 0 bridgehead atoms. The summed E-state index contributed by atoms with van der Waals surface area (Å²) in [7, 11) is 0. The van der Waals surface area contributed by atoms with Crippen LogP contribution in [-0.4, -0.2) is 29.3 Å². The first-order valence-electron chi connectivity index (χ1n) is 8.80. The lowest BCUT2D eigenvalue weighted by Gasteiger charge is -2.08. The van der Waals surface area contributed by atoms with E-state index in [1.54, 1.807) is 5.38 Å². The Morgan fingerprint density at radius 2 is 1.84 bits per heavy atom. The Balaban J connectivity index is 1.58. The van der Waals surface area contributed by atoms with Crippen LogP contribution in [-0.2, 0) is 9.53 Å². The van der Waals surface area contributed by atoms with Crippen LogP contribution >= 0.6 is 22.9 Å². The van der Waals surface area contributed by atoms with Crippen molar-refractivity contribution < 1.29 is 28.8 Å². The maximum absolute atomic E-state index is 12.2. The van der Waals surface area contributed by atoms with E-state index >= 15 is 0 Å². The number of hydrogen-bond donors (Lipinski definition) is 2. The number of anilines is 1. The number of benzene rings is 2. The summed E-state index contributed by atoms with van der Waals surface area (Å²) in [6, 6.07) is 11.0. The van der Waals surface area contributed by atoms with Crippen molar-refractivity contribution in [3.63, 3.8) is 0 Å². The average molecular weight is 476 g/mol. The van der Waals surface area contributed by atoms with Crippen LogP contribution in [0.4, 0.5) is 10.7 Å². The highest BCUT2D eigenvalue weighted by atomic mass is 35.5. The fourth-order valence-electron chi connectivity index (χ4n) is 2.48. The van der Waals surface area contributed by atoms with E-state index in [1.165, 1.54) is 42.5 Å². The number of carbonyl (C=O) groups excluding carboxylic acids is 3. The minimum absolute atomic E-state index is 0.0182. The van der Waals surface area contributed by atoms with E-state index in [0.29, 0.717) is 0 Å². The number of thiophene rings is 1. The monoisotopic (exact) mass is 475 g/mol. The molecular formula is C20H14ClN3O7S. The quantitative estimate of drug-likeness (QED) is 0.284. The Bertz CT molecular complexity index is 1190. The van der Waals surface area contributed by atoms with Crippen molar-refractivity contribution >= 4 is 51.4 Å². The van der Waals surface area contributed by atoms with Gasteiger partial charge >= 0.3 is 11.7 Å². The van der Waals surface area contributed by atoms with Crippen molar-refractivity contribution in [1.82, 2.24) is 0 Å². The molecule has 1 heterocycles. The van der Waals surface area contributed by atoms with E-state index in [2.05, 4.69) is 5.32 Å². The lowest BCUT2D eigenvalue weighted by atomic mass is 10.2. The summed E-state index contributed by atoms with van der Waals surface area (Å²) >= 11 is 6.88. The zero-order chi connectivity index (χ0) is 23.3. The molecule has 2 aromatic carbocycles. The van der Waals surface area contributed by atoms with Crippen LogP contribution in [0.2, 0.25) is 5.02 Å². The van der Waals surface area contributed by atoms with Gasteiger partial charge in [-0.25, -0.2) is 4.79 Å². The number of carbonyl (C=O) groups is 3. The smallest absolute Gasteiger partial charge is 0.338 e. The number of hydrogen-bond acceptors (Lipinski definition) is 8. The van der Waals surface area contributed by atoms with Crippen molar-refractivity contribution in [3.05, 3.63) is 80.2 Å². The maximum Gasteiger partial charge on any atom is 0.338 e. The van der Waals surface area contributed by atoms with Gasteiger partial charge in [-0.15, -0.1) is 11.3 Å². The zero-order valence-corrected chi connectivity index (χ0v) is 17.6. The number of nitrogens with zero attached hydrogens (tertiary/aromatic N) is 1. The molecule has 164 valence electrons. The van der Waals surface area contributed by atoms with Crippen molar-refractivity contribution in [2.24, 2.45) is 5.73 Å². The predicted octanol–water partition coefficient (Wildman–Crippen LogP) is 4.00. The number of amides is 2. The third-order valence-electron chi connectivity index (χ3n) is 3.95. The molecule has 0 aliphatic carbocycles. The number of nitrogens with two attached hydrogens (primary N) is 1. The molecule has 0 radical (unpaired) electrons. The Kier molecular flexibility index (Phi) is 7.03. The minimum atomic E-state index is -0.773. The van der Waals surface area contributed by atoms with Crippen LogP contribution in [0.1, 0.15) is 20.7 Å². The van der Waals surface area contributed by atoms with E-state index in [9.17, 15) is 24.5 Å². The summed E-state index contributed by atoms with van der Waals surface area (Å²) in [5.41, 5.74) is 5.18. The molecule has 0 atom stereocenters. The van der Waals surface area contributed by atoms with Gasteiger partial charge < -0.3 is 20.5 Å². The number of nitrogens with one attached hydrogen (secondary N) is 1. The van der Waals surface area contributed by atoms with Crippen LogP contribution in [0, 0.1) is 10.1 Å². The van der Waals surface area contributed by atoms with E-state index in [-0.39, 0.29) is 38.3 Å². The highest BCUT2D eigenvalue weighted by Gasteiger charge is 2.18. The summed E-state index contributed by atoms with van der Waals surface area (Å²) in [5, 5.41) is 15.6. The third kappa shape index (κ3) is 5.59. The fraction of sp³-hybridized carbons (Fsp3) is 0.0500. The van der Waals surface area contributed by atoms with Gasteiger partial charge in [0, 0.05) is 11.1 Å². The van der Waals surface area contributed by atoms with Crippen molar-refractivity contribution in [3.8, 4) is 11.5 Å². The molecule has 0 saturated carbocycles.